The lowest BCUT2D eigenvalue weighted by molar-refractivity contribution is -0.143. The number of nitrogens with one attached hydrogen (secondary N) is 1. The Bertz CT molecular complexity index is 544. The molecule has 0 aromatic heterocycles. The number of likely N-dealkylation sites (tertiary alicyclic amines) is 1. The predicted molar refractivity (Wildman–Crippen MR) is 78.7 cm³/mol. The molecule has 1 atom stereocenters. The standard InChI is InChI=1S/C15H20N2O4/c1-10-5-3-7-12(21-2)13(10)16-15(20)17-8-4-6-11(9-17)14(18)19/h3,5,7,11H,4,6,8-9H2,1-2H3,(H,16,20)(H,18,19). The smallest absolute Gasteiger partial charge is 0.321 e. The summed E-state index contributed by atoms with van der Waals surface area (Å²) in [7, 11) is 1.55. The van der Waals surface area contributed by atoms with Crippen LogP contribution >= 0.6 is 0 Å². The highest BCUT2D eigenvalue weighted by Gasteiger charge is 2.28. The summed E-state index contributed by atoms with van der Waals surface area (Å²) in [6.45, 7) is 2.70. The van der Waals surface area contributed by atoms with E-state index in [4.69, 9.17) is 9.84 Å². The maximum Gasteiger partial charge on any atom is 0.321 e. The summed E-state index contributed by atoms with van der Waals surface area (Å²) < 4.78 is 5.25. The predicted octanol–water partition coefficient (Wildman–Crippen LogP) is 2.33. The minimum absolute atomic E-state index is 0.245. The first kappa shape index (κ1) is 15.2. The van der Waals surface area contributed by atoms with E-state index < -0.39 is 11.9 Å². The van der Waals surface area contributed by atoms with Gasteiger partial charge in [0.1, 0.15) is 5.75 Å². The van der Waals surface area contributed by atoms with Crippen LogP contribution in [0.2, 0.25) is 0 Å². The van der Waals surface area contributed by atoms with Crippen molar-refractivity contribution in [3.8, 4) is 5.75 Å². The highest BCUT2D eigenvalue weighted by Crippen LogP contribution is 2.28. The molecule has 6 nitrogen and oxygen atoms in total. The number of amides is 2. The number of para-hydroxylation sites is 1. The van der Waals surface area contributed by atoms with Crippen LogP contribution in [0.3, 0.4) is 0 Å². The number of rotatable bonds is 3. The summed E-state index contributed by atoms with van der Waals surface area (Å²) in [6.07, 6.45) is 1.32. The molecule has 1 aliphatic heterocycles. The Morgan fingerprint density at radius 2 is 2.19 bits per heavy atom. The molecule has 0 bridgehead atoms. The van der Waals surface area contributed by atoms with Crippen LogP contribution in [0.4, 0.5) is 10.5 Å². The number of piperidine rings is 1. The molecule has 2 rings (SSSR count). The first-order valence-electron chi connectivity index (χ1n) is 6.95. The third-order valence-electron chi connectivity index (χ3n) is 3.74. The van der Waals surface area contributed by atoms with E-state index in [0.29, 0.717) is 30.8 Å². The number of carbonyl (C=O) groups is 2. The molecule has 0 spiro atoms. The number of benzene rings is 1. The van der Waals surface area contributed by atoms with E-state index >= 15 is 0 Å². The Morgan fingerprint density at radius 1 is 1.43 bits per heavy atom. The molecule has 2 N–H and O–H groups in total. The molecular weight excluding hydrogens is 272 g/mol. The Kier molecular flexibility index (Phi) is 4.67. The van der Waals surface area contributed by atoms with E-state index in [0.717, 1.165) is 5.56 Å². The van der Waals surface area contributed by atoms with Gasteiger partial charge in [0.2, 0.25) is 0 Å². The normalized spacial score (nSPS) is 18.2. The van der Waals surface area contributed by atoms with E-state index in [9.17, 15) is 9.59 Å². The van der Waals surface area contributed by atoms with Crippen molar-refractivity contribution in [1.82, 2.24) is 4.90 Å². The molecule has 21 heavy (non-hydrogen) atoms. The van der Waals surface area contributed by atoms with Gasteiger partial charge in [-0.05, 0) is 31.4 Å². The summed E-state index contributed by atoms with van der Waals surface area (Å²) in [6, 6.07) is 5.23. The summed E-state index contributed by atoms with van der Waals surface area (Å²) >= 11 is 0. The van der Waals surface area contributed by atoms with Crippen LogP contribution in [0.5, 0.6) is 5.75 Å². The molecule has 1 aromatic rings. The fourth-order valence-electron chi connectivity index (χ4n) is 2.52. The van der Waals surface area contributed by atoms with Crippen molar-refractivity contribution in [2.75, 3.05) is 25.5 Å². The molecule has 2 amide bonds. The van der Waals surface area contributed by atoms with Gasteiger partial charge in [0.15, 0.2) is 0 Å². The maximum absolute atomic E-state index is 12.3. The number of ether oxygens (including phenoxy) is 1. The summed E-state index contributed by atoms with van der Waals surface area (Å²) in [5.74, 6) is -0.737. The van der Waals surface area contributed by atoms with Gasteiger partial charge < -0.3 is 20.1 Å². The van der Waals surface area contributed by atoms with Gasteiger partial charge in [-0.25, -0.2) is 4.79 Å². The van der Waals surface area contributed by atoms with Crippen LogP contribution in [-0.2, 0) is 4.79 Å². The largest absolute Gasteiger partial charge is 0.495 e. The molecule has 0 saturated carbocycles. The van der Waals surface area contributed by atoms with Crippen molar-refractivity contribution in [2.24, 2.45) is 5.92 Å². The molecule has 1 aromatic carbocycles. The lowest BCUT2D eigenvalue weighted by Gasteiger charge is -2.31. The maximum atomic E-state index is 12.3. The van der Waals surface area contributed by atoms with Crippen LogP contribution in [0, 0.1) is 12.8 Å². The average molecular weight is 292 g/mol. The van der Waals surface area contributed by atoms with Crippen LogP contribution in [0.15, 0.2) is 18.2 Å². The van der Waals surface area contributed by atoms with Crippen molar-refractivity contribution in [2.45, 2.75) is 19.8 Å². The summed E-state index contributed by atoms with van der Waals surface area (Å²) in [5, 5.41) is 11.9. The third-order valence-corrected chi connectivity index (χ3v) is 3.74. The first-order chi connectivity index (χ1) is 10.0. The molecule has 1 unspecified atom stereocenters. The fraction of sp³-hybridized carbons (Fsp3) is 0.467. The number of urea groups is 1. The van der Waals surface area contributed by atoms with Gasteiger partial charge in [0.05, 0.1) is 18.7 Å². The van der Waals surface area contributed by atoms with Crippen molar-refractivity contribution in [1.29, 1.82) is 0 Å². The Labute approximate surface area is 123 Å². The molecule has 114 valence electrons. The SMILES string of the molecule is COc1cccc(C)c1NC(=O)N1CCCC(C(=O)O)C1. The lowest BCUT2D eigenvalue weighted by atomic mass is 9.99. The Morgan fingerprint density at radius 3 is 2.86 bits per heavy atom. The number of carboxylic acids is 1. The number of methoxy groups -OCH3 is 1. The van der Waals surface area contributed by atoms with Gasteiger partial charge in [-0.1, -0.05) is 12.1 Å². The van der Waals surface area contributed by atoms with Gasteiger partial charge in [0, 0.05) is 13.1 Å². The number of hydrogen-bond donors (Lipinski definition) is 2. The number of hydrogen-bond acceptors (Lipinski definition) is 3. The number of aliphatic carboxylic acids is 1. The van der Waals surface area contributed by atoms with Crippen LogP contribution in [0.25, 0.3) is 0 Å². The van der Waals surface area contributed by atoms with E-state index in [-0.39, 0.29) is 12.6 Å². The number of nitrogens with zero attached hydrogens (tertiary/aromatic N) is 1. The lowest BCUT2D eigenvalue weighted by Crippen LogP contribution is -2.44. The second-order valence-electron chi connectivity index (χ2n) is 5.21. The molecule has 0 radical (unpaired) electrons. The zero-order valence-electron chi connectivity index (χ0n) is 12.3. The van der Waals surface area contributed by atoms with Crippen molar-refractivity contribution < 1.29 is 19.4 Å². The van der Waals surface area contributed by atoms with Crippen molar-refractivity contribution in [3.05, 3.63) is 23.8 Å². The van der Waals surface area contributed by atoms with Crippen LogP contribution in [-0.4, -0.2) is 42.2 Å². The molecule has 1 aliphatic rings. The number of anilines is 1. The zero-order valence-corrected chi connectivity index (χ0v) is 12.3. The van der Waals surface area contributed by atoms with Crippen molar-refractivity contribution >= 4 is 17.7 Å². The molecule has 1 fully saturated rings. The highest BCUT2D eigenvalue weighted by molar-refractivity contribution is 5.92. The minimum Gasteiger partial charge on any atom is -0.495 e. The van der Waals surface area contributed by atoms with Gasteiger partial charge in [-0.2, -0.15) is 0 Å². The Balaban J connectivity index is 2.09. The summed E-state index contributed by atoms with van der Waals surface area (Å²) in [4.78, 5) is 24.9. The molecule has 1 heterocycles. The molecule has 1 saturated heterocycles. The average Bonchev–Trinajstić information content (AvgIpc) is 2.49. The molecular formula is C15H20N2O4. The number of aryl methyl sites for hydroxylation is 1. The highest BCUT2D eigenvalue weighted by atomic mass is 16.5. The number of carboxylic acid groups (broad SMARTS) is 1. The minimum atomic E-state index is -0.846. The van der Waals surface area contributed by atoms with E-state index in [1.54, 1.807) is 18.1 Å². The van der Waals surface area contributed by atoms with Gasteiger partial charge >= 0.3 is 12.0 Å². The fourth-order valence-corrected chi connectivity index (χ4v) is 2.52. The molecule has 0 aliphatic carbocycles. The van der Waals surface area contributed by atoms with Gasteiger partial charge in [-0.3, -0.25) is 4.79 Å². The van der Waals surface area contributed by atoms with Gasteiger partial charge in [-0.15, -0.1) is 0 Å². The van der Waals surface area contributed by atoms with Gasteiger partial charge in [0.25, 0.3) is 0 Å². The molecule has 6 heteroatoms. The van der Waals surface area contributed by atoms with E-state index in [2.05, 4.69) is 5.32 Å². The number of carbonyl (C=O) groups excluding carboxylic acids is 1. The summed E-state index contributed by atoms with van der Waals surface area (Å²) in [5.41, 5.74) is 1.52. The first-order valence-corrected chi connectivity index (χ1v) is 6.95. The third kappa shape index (κ3) is 3.45. The van der Waals surface area contributed by atoms with E-state index in [1.807, 2.05) is 19.1 Å². The second kappa shape index (κ2) is 6.47. The van der Waals surface area contributed by atoms with Crippen molar-refractivity contribution in [3.63, 3.8) is 0 Å². The topological polar surface area (TPSA) is 78.9 Å². The Hall–Kier alpha value is -2.24. The monoisotopic (exact) mass is 292 g/mol. The van der Waals surface area contributed by atoms with Crippen LogP contribution < -0.4 is 10.1 Å². The quantitative estimate of drug-likeness (QED) is 0.896. The van der Waals surface area contributed by atoms with Crippen LogP contribution in [0.1, 0.15) is 18.4 Å². The second-order valence-corrected chi connectivity index (χ2v) is 5.21. The van der Waals surface area contributed by atoms with E-state index in [1.165, 1.54) is 0 Å². The zero-order chi connectivity index (χ0) is 15.4.